The van der Waals surface area contributed by atoms with E-state index in [0.717, 1.165) is 0 Å². The number of fused-ring (bicyclic) bond motifs is 1. The van der Waals surface area contributed by atoms with E-state index in [-0.39, 0.29) is 5.43 Å². The molecule has 0 nitrogen and oxygen atoms in total. The Bertz CT molecular complexity index is 705. The van der Waals surface area contributed by atoms with E-state index in [1.54, 1.807) is 5.19 Å². The molecule has 0 amide bonds. The van der Waals surface area contributed by atoms with Gasteiger partial charge in [-0.3, -0.25) is 0 Å². The van der Waals surface area contributed by atoms with Crippen molar-refractivity contribution >= 4 is 46.5 Å². The molecule has 3 aromatic rings. The van der Waals surface area contributed by atoms with Crippen molar-refractivity contribution in [1.29, 1.82) is 0 Å². The van der Waals surface area contributed by atoms with Crippen molar-refractivity contribution in [2.24, 2.45) is 0 Å². The van der Waals surface area contributed by atoms with E-state index in [0.29, 0.717) is 0 Å². The van der Waals surface area contributed by atoms with Crippen LogP contribution in [-0.2, 0) is 18.0 Å². The maximum absolute atomic E-state index is 5.62. The fourth-order valence-electron chi connectivity index (χ4n) is 1.94. The van der Waals surface area contributed by atoms with E-state index in [1.165, 1.54) is 10.8 Å². The van der Waals surface area contributed by atoms with Crippen LogP contribution in [-0.4, -0.2) is 13.5 Å². The molecule has 0 aliphatic rings. The maximum Gasteiger partial charge on any atom is -0.0809 e. The molecular formula is C19H26Cl2Si2Zr-2. The standard InChI is InChI=1S/C9H7.C8H13Si.C2H6Si.2ClH.Zr/c1-2-5-9-7-3-6-8(9)4-1;1-9(2,3)8-6-4-5-7-8;1-3-2;;;/h1-7H;4-7H,1-3H3;1-2H3;2*1H;/q2*-1;;;;+2/p-2. The van der Waals surface area contributed by atoms with Gasteiger partial charge in [-0.25, -0.2) is 11.3 Å². The fraction of sp³-hybridized carbons (Fsp3) is 0.263. The van der Waals surface area contributed by atoms with Gasteiger partial charge in [0.05, 0.1) is 0 Å². The molecule has 0 atom stereocenters. The van der Waals surface area contributed by atoms with Crippen LogP contribution in [0.4, 0.5) is 0 Å². The van der Waals surface area contributed by atoms with Gasteiger partial charge in [0.15, 0.2) is 0 Å². The Morgan fingerprint density at radius 2 is 1.58 bits per heavy atom. The van der Waals surface area contributed by atoms with Crippen LogP contribution in [0.2, 0.25) is 32.7 Å². The third kappa shape index (κ3) is 8.45. The third-order valence-electron chi connectivity index (χ3n) is 3.45. The van der Waals surface area contributed by atoms with Crippen LogP contribution in [0, 0.1) is 0 Å². The molecule has 0 heterocycles. The van der Waals surface area contributed by atoms with Crippen molar-refractivity contribution in [3.8, 4) is 0 Å². The second kappa shape index (κ2) is 10.9. The summed E-state index contributed by atoms with van der Waals surface area (Å²) in [4.78, 5) is 0. The van der Waals surface area contributed by atoms with Gasteiger partial charge in [0.2, 0.25) is 0 Å². The zero-order valence-electron chi connectivity index (χ0n) is 15.1. The van der Waals surface area contributed by atoms with Gasteiger partial charge in [-0.15, -0.1) is 29.7 Å². The molecule has 0 aliphatic heterocycles. The summed E-state index contributed by atoms with van der Waals surface area (Å²) < 4.78 is 0. The molecule has 3 rings (SSSR count). The summed E-state index contributed by atoms with van der Waals surface area (Å²) >= 11 is -1.65. The zero-order valence-corrected chi connectivity index (χ0v) is 21.1. The summed E-state index contributed by atoms with van der Waals surface area (Å²) in [5.74, 6) is 0. The van der Waals surface area contributed by atoms with Crippen LogP contribution in [0.5, 0.6) is 0 Å². The molecule has 0 aromatic heterocycles. The molecule has 0 saturated carbocycles. The number of hydrogen-bond acceptors (Lipinski definition) is 0. The van der Waals surface area contributed by atoms with Gasteiger partial charge in [-0.2, -0.15) is 35.7 Å². The van der Waals surface area contributed by atoms with Crippen molar-refractivity contribution in [3.63, 3.8) is 0 Å². The molecule has 0 saturated heterocycles. The van der Waals surface area contributed by atoms with E-state index >= 15 is 0 Å². The molecule has 5 heteroatoms. The minimum absolute atomic E-state index is 0.224. The quantitative estimate of drug-likeness (QED) is 0.274. The molecule has 0 spiro atoms. The summed E-state index contributed by atoms with van der Waals surface area (Å²) in [5, 5.41) is 4.22. The SMILES string of the molecule is C[Si](C)(C)c1cc[cH-]c1.C[Si](C)=[Zr]([Cl])[Cl].c1ccc2[cH-]ccc2c1. The second-order valence-corrected chi connectivity index (χ2v) is 34.9. The minimum atomic E-state index is -1.65. The van der Waals surface area contributed by atoms with Crippen LogP contribution in [0.1, 0.15) is 0 Å². The first-order valence-electron chi connectivity index (χ1n) is 8.03. The van der Waals surface area contributed by atoms with Gasteiger partial charge < -0.3 is 0 Å². The molecular weight excluding hydrogens is 447 g/mol. The number of halogens is 2. The van der Waals surface area contributed by atoms with Crippen LogP contribution >= 0.6 is 17.0 Å². The zero-order chi connectivity index (χ0) is 18.2. The molecule has 0 unspecified atom stereocenters. The third-order valence-corrected chi connectivity index (χ3v) is 25.3. The van der Waals surface area contributed by atoms with Gasteiger partial charge in [0.25, 0.3) is 0 Å². The summed E-state index contributed by atoms with van der Waals surface area (Å²) in [5.41, 5.74) is -0.224. The second-order valence-electron chi connectivity index (χ2n) is 6.84. The Balaban J connectivity index is 0.000000185. The van der Waals surface area contributed by atoms with Gasteiger partial charge in [0.1, 0.15) is 0 Å². The smallest absolute Gasteiger partial charge is 0.0809 e. The summed E-state index contributed by atoms with van der Waals surface area (Å²) in [7, 11) is 10.3. The monoisotopic (exact) mass is 470 g/mol. The van der Waals surface area contributed by atoms with Crippen molar-refractivity contribution < 1.29 is 18.0 Å². The summed E-state index contributed by atoms with van der Waals surface area (Å²) in [6, 6.07) is 23.4. The maximum atomic E-state index is 5.62. The van der Waals surface area contributed by atoms with E-state index < -0.39 is 26.1 Å². The Labute approximate surface area is 162 Å². The van der Waals surface area contributed by atoms with Crippen molar-refractivity contribution in [1.82, 2.24) is 0 Å². The molecule has 0 aliphatic carbocycles. The molecule has 0 radical (unpaired) electrons. The van der Waals surface area contributed by atoms with Crippen LogP contribution in [0.3, 0.4) is 0 Å². The Kier molecular flexibility index (Phi) is 10.1. The largest absolute Gasteiger partial charge is 0.168 e. The Hall–Kier alpha value is 0.0769. The summed E-state index contributed by atoms with van der Waals surface area (Å²) in [6.45, 7) is 11.4. The Morgan fingerprint density at radius 3 is 2.00 bits per heavy atom. The molecule has 0 fully saturated rings. The molecule has 0 bridgehead atoms. The normalized spacial score (nSPS) is 10.3. The van der Waals surface area contributed by atoms with E-state index in [4.69, 9.17) is 17.0 Å². The van der Waals surface area contributed by atoms with Crippen LogP contribution in [0.25, 0.3) is 10.8 Å². The minimum Gasteiger partial charge on any atom is -0.168 e. The first kappa shape index (κ1) is 22.1. The average molecular weight is 473 g/mol. The van der Waals surface area contributed by atoms with Gasteiger partial charge in [-0.05, 0) is 0 Å². The van der Waals surface area contributed by atoms with E-state index in [1.807, 2.05) is 0 Å². The topological polar surface area (TPSA) is 0 Å². The van der Waals surface area contributed by atoms with Crippen LogP contribution < -0.4 is 5.19 Å². The van der Waals surface area contributed by atoms with Crippen molar-refractivity contribution in [2.75, 3.05) is 0 Å². The predicted molar refractivity (Wildman–Crippen MR) is 114 cm³/mol. The fourth-order valence-corrected chi connectivity index (χ4v) is 3.14. The van der Waals surface area contributed by atoms with Gasteiger partial charge in [0, 0.05) is 8.07 Å². The van der Waals surface area contributed by atoms with Crippen molar-refractivity contribution in [3.05, 3.63) is 66.7 Å². The predicted octanol–water partition coefficient (Wildman–Crippen LogP) is 6.67. The van der Waals surface area contributed by atoms with E-state index in [9.17, 15) is 0 Å². The first-order valence-corrected chi connectivity index (χ1v) is 24.0. The van der Waals surface area contributed by atoms with Crippen molar-refractivity contribution in [2.45, 2.75) is 32.7 Å². The summed E-state index contributed by atoms with van der Waals surface area (Å²) in [6.07, 6.45) is 0. The first-order chi connectivity index (χ1) is 11.2. The molecule has 3 aromatic carbocycles. The average Bonchev–Trinajstić information content (AvgIpc) is 3.19. The molecule has 0 N–H and O–H groups in total. The molecule has 24 heavy (non-hydrogen) atoms. The molecule has 130 valence electrons. The van der Waals surface area contributed by atoms with Crippen LogP contribution in [0.15, 0.2) is 66.7 Å². The van der Waals surface area contributed by atoms with E-state index in [2.05, 4.69) is 99.5 Å². The Morgan fingerprint density at radius 1 is 0.958 bits per heavy atom. The van der Waals surface area contributed by atoms with Gasteiger partial charge in [-0.1, -0.05) is 25.7 Å². The number of rotatable bonds is 1. The number of hydrogen-bond donors (Lipinski definition) is 0. The number of benzene rings is 1. The van der Waals surface area contributed by atoms with Gasteiger partial charge >= 0.3 is 53.5 Å².